The van der Waals surface area contributed by atoms with Gasteiger partial charge in [0.25, 0.3) is 0 Å². The number of nitrogens with zero attached hydrogens (tertiary/aromatic N) is 8. The fourth-order valence-corrected chi connectivity index (χ4v) is 5.28. The Morgan fingerprint density at radius 1 is 0.850 bits per heavy atom. The average Bonchev–Trinajstić information content (AvgIpc) is 2.99. The third-order valence-electron chi connectivity index (χ3n) is 7.50. The minimum atomic E-state index is 0.178. The van der Waals surface area contributed by atoms with Gasteiger partial charge < -0.3 is 26.0 Å². The van der Waals surface area contributed by atoms with E-state index in [9.17, 15) is 5.11 Å². The molecule has 0 aliphatic carbocycles. The quantitative estimate of drug-likeness (QED) is 0.305. The minimum absolute atomic E-state index is 0.178. The lowest BCUT2D eigenvalue weighted by Crippen LogP contribution is -2.47. The van der Waals surface area contributed by atoms with Crippen LogP contribution in [0.2, 0.25) is 0 Å². The van der Waals surface area contributed by atoms with Crippen LogP contribution in [-0.2, 0) is 19.4 Å². The van der Waals surface area contributed by atoms with Crippen LogP contribution in [0, 0.1) is 0 Å². The Hall–Kier alpha value is -4.35. The maximum absolute atomic E-state index is 9.29. The second-order valence-corrected chi connectivity index (χ2v) is 10.2. The van der Waals surface area contributed by atoms with Gasteiger partial charge in [-0.25, -0.2) is 15.0 Å². The number of β-amino-alcohol motifs (C(OH)–C–C–N with tert-alkyl or cyclic N) is 1. The van der Waals surface area contributed by atoms with Crippen LogP contribution in [0.15, 0.2) is 61.1 Å². The summed E-state index contributed by atoms with van der Waals surface area (Å²) in [7, 11) is 0. The van der Waals surface area contributed by atoms with Gasteiger partial charge >= 0.3 is 0 Å². The Morgan fingerprint density at radius 3 is 2.38 bits per heavy atom. The Bertz CT molecular complexity index is 1440. The van der Waals surface area contributed by atoms with E-state index in [0.717, 1.165) is 56.9 Å². The first kappa shape index (κ1) is 25.9. The number of nitrogens with one attached hydrogen (secondary N) is 1. The molecule has 40 heavy (non-hydrogen) atoms. The Balaban J connectivity index is 1.07. The summed E-state index contributed by atoms with van der Waals surface area (Å²) in [5.74, 6) is 2.33. The largest absolute Gasteiger partial charge is 0.395 e. The van der Waals surface area contributed by atoms with Gasteiger partial charge in [0.05, 0.1) is 6.61 Å². The number of aromatic nitrogens is 5. The van der Waals surface area contributed by atoms with Crippen molar-refractivity contribution in [3.05, 3.63) is 83.3 Å². The van der Waals surface area contributed by atoms with Gasteiger partial charge in [0.2, 0.25) is 17.8 Å². The SMILES string of the molecule is Nc1nc(N2CCN(c3ncnc(Nc4ccc5c(c4)CN(CCO)CC5)n3)CC2)ncc1Cc1ccccc1. The van der Waals surface area contributed by atoms with E-state index in [4.69, 9.17) is 10.7 Å². The van der Waals surface area contributed by atoms with Crippen LogP contribution in [0.5, 0.6) is 0 Å². The van der Waals surface area contributed by atoms with Crippen molar-refractivity contribution in [2.24, 2.45) is 0 Å². The summed E-state index contributed by atoms with van der Waals surface area (Å²) < 4.78 is 0. The number of anilines is 5. The molecule has 2 aliphatic rings. The third-order valence-corrected chi connectivity index (χ3v) is 7.50. The van der Waals surface area contributed by atoms with E-state index in [0.29, 0.717) is 36.6 Å². The molecule has 0 spiro atoms. The minimum Gasteiger partial charge on any atom is -0.395 e. The molecule has 0 amide bonds. The summed E-state index contributed by atoms with van der Waals surface area (Å²) in [4.78, 5) is 29.3. The Labute approximate surface area is 233 Å². The number of aliphatic hydroxyl groups is 1. The zero-order valence-electron chi connectivity index (χ0n) is 22.4. The topological polar surface area (TPSA) is 132 Å². The van der Waals surface area contributed by atoms with Crippen LogP contribution in [0.1, 0.15) is 22.3 Å². The maximum Gasteiger partial charge on any atom is 0.231 e. The van der Waals surface area contributed by atoms with Gasteiger partial charge in [-0.3, -0.25) is 4.90 Å². The molecule has 0 atom stereocenters. The van der Waals surface area contributed by atoms with E-state index in [-0.39, 0.29) is 6.61 Å². The molecule has 4 aromatic rings. The molecule has 0 bridgehead atoms. The smallest absolute Gasteiger partial charge is 0.231 e. The van der Waals surface area contributed by atoms with Crippen molar-refractivity contribution in [2.45, 2.75) is 19.4 Å². The van der Waals surface area contributed by atoms with Crippen LogP contribution in [0.4, 0.5) is 29.4 Å². The lowest BCUT2D eigenvalue weighted by Gasteiger charge is -2.34. The molecule has 6 rings (SSSR count). The number of aliphatic hydroxyl groups excluding tert-OH is 1. The van der Waals surface area contributed by atoms with E-state index >= 15 is 0 Å². The Morgan fingerprint density at radius 2 is 1.62 bits per heavy atom. The van der Waals surface area contributed by atoms with Crippen LogP contribution in [0.3, 0.4) is 0 Å². The first-order valence-electron chi connectivity index (χ1n) is 13.7. The van der Waals surface area contributed by atoms with Gasteiger partial charge in [-0.1, -0.05) is 36.4 Å². The molecule has 0 radical (unpaired) electrons. The molecule has 2 aromatic carbocycles. The van der Waals surface area contributed by atoms with Crippen molar-refractivity contribution < 1.29 is 5.11 Å². The molecule has 11 nitrogen and oxygen atoms in total. The number of nitrogens with two attached hydrogens (primary N) is 1. The highest BCUT2D eigenvalue weighted by Gasteiger charge is 2.22. The first-order valence-corrected chi connectivity index (χ1v) is 13.7. The Kier molecular flexibility index (Phi) is 7.64. The van der Waals surface area contributed by atoms with Crippen LogP contribution in [-0.4, -0.2) is 80.8 Å². The molecule has 1 saturated heterocycles. The van der Waals surface area contributed by atoms with Gasteiger partial charge in [-0.2, -0.15) is 9.97 Å². The second kappa shape index (κ2) is 11.8. The van der Waals surface area contributed by atoms with Gasteiger partial charge in [-0.15, -0.1) is 0 Å². The van der Waals surface area contributed by atoms with E-state index in [1.165, 1.54) is 16.7 Å². The highest BCUT2D eigenvalue weighted by molar-refractivity contribution is 5.57. The molecule has 4 heterocycles. The molecule has 2 aliphatic heterocycles. The fourth-order valence-electron chi connectivity index (χ4n) is 5.28. The van der Waals surface area contributed by atoms with Gasteiger partial charge in [0, 0.05) is 69.7 Å². The predicted molar refractivity (Wildman–Crippen MR) is 156 cm³/mol. The number of hydrogen-bond acceptors (Lipinski definition) is 11. The lowest BCUT2D eigenvalue weighted by molar-refractivity contribution is 0.184. The molecule has 4 N–H and O–H groups in total. The van der Waals surface area contributed by atoms with Crippen molar-refractivity contribution in [2.75, 3.05) is 66.7 Å². The van der Waals surface area contributed by atoms with Crippen LogP contribution >= 0.6 is 0 Å². The summed E-state index contributed by atoms with van der Waals surface area (Å²) in [5.41, 5.74) is 12.0. The summed E-state index contributed by atoms with van der Waals surface area (Å²) in [6, 6.07) is 16.6. The highest BCUT2D eigenvalue weighted by atomic mass is 16.3. The first-order chi connectivity index (χ1) is 19.6. The molecule has 1 fully saturated rings. The van der Waals surface area contributed by atoms with E-state index < -0.39 is 0 Å². The number of hydrogen-bond donors (Lipinski definition) is 3. The zero-order valence-corrected chi connectivity index (χ0v) is 22.4. The van der Waals surface area contributed by atoms with Crippen LogP contribution in [0.25, 0.3) is 0 Å². The molecule has 206 valence electrons. The summed E-state index contributed by atoms with van der Waals surface area (Å²) in [6.45, 7) is 5.63. The van der Waals surface area contributed by atoms with Crippen molar-refractivity contribution in [3.8, 4) is 0 Å². The molecular formula is C29H34N10O. The van der Waals surface area contributed by atoms with Crippen molar-refractivity contribution in [3.63, 3.8) is 0 Å². The number of nitrogen functional groups attached to an aromatic ring is 1. The second-order valence-electron chi connectivity index (χ2n) is 10.2. The molecule has 0 saturated carbocycles. The zero-order chi connectivity index (χ0) is 27.3. The molecule has 2 aromatic heterocycles. The van der Waals surface area contributed by atoms with Crippen molar-refractivity contribution in [1.29, 1.82) is 0 Å². The highest BCUT2D eigenvalue weighted by Crippen LogP contribution is 2.25. The number of piperazine rings is 1. The average molecular weight is 539 g/mol. The lowest BCUT2D eigenvalue weighted by atomic mass is 9.99. The molecule has 0 unspecified atom stereocenters. The molecule has 11 heteroatoms. The normalized spacial score (nSPS) is 15.6. The van der Waals surface area contributed by atoms with E-state index in [1.807, 2.05) is 24.4 Å². The van der Waals surface area contributed by atoms with Gasteiger partial charge in [-0.05, 0) is 35.2 Å². The third kappa shape index (κ3) is 5.95. The van der Waals surface area contributed by atoms with Crippen molar-refractivity contribution in [1.82, 2.24) is 29.8 Å². The number of rotatable bonds is 8. The van der Waals surface area contributed by atoms with Gasteiger partial charge in [0.1, 0.15) is 12.1 Å². The van der Waals surface area contributed by atoms with E-state index in [1.54, 1.807) is 6.33 Å². The predicted octanol–water partition coefficient (Wildman–Crippen LogP) is 2.26. The monoisotopic (exact) mass is 538 g/mol. The summed E-state index contributed by atoms with van der Waals surface area (Å²) in [5, 5.41) is 12.6. The van der Waals surface area contributed by atoms with E-state index in [2.05, 4.69) is 70.3 Å². The summed E-state index contributed by atoms with van der Waals surface area (Å²) in [6.07, 6.45) is 5.09. The summed E-state index contributed by atoms with van der Waals surface area (Å²) >= 11 is 0. The van der Waals surface area contributed by atoms with Crippen molar-refractivity contribution >= 4 is 29.4 Å². The molecular weight excluding hydrogens is 504 g/mol. The number of fused-ring (bicyclic) bond motifs is 1. The number of benzene rings is 2. The fraction of sp³-hybridized carbons (Fsp3) is 0.345. The van der Waals surface area contributed by atoms with Crippen LogP contribution < -0.4 is 20.9 Å². The standard InChI is InChI=1S/C29H34N10O/c30-26-23(16-21-4-2-1-3-5-21)18-31-28(35-26)38-10-12-39(13-11-38)29-33-20-32-27(36-29)34-25-7-6-22-8-9-37(14-15-40)19-24(22)17-25/h1-7,17-18,20,40H,8-16,19H2,(H2,30,31,35)(H,32,33,34,36). The van der Waals surface area contributed by atoms with Gasteiger partial charge in [0.15, 0.2) is 0 Å². The maximum atomic E-state index is 9.29.